The van der Waals surface area contributed by atoms with Crippen LogP contribution in [0.25, 0.3) is 0 Å². The molecule has 0 spiro atoms. The highest BCUT2D eigenvalue weighted by Crippen LogP contribution is 2.46. The van der Waals surface area contributed by atoms with E-state index in [2.05, 4.69) is 0 Å². The van der Waals surface area contributed by atoms with Gasteiger partial charge in [-0.1, -0.05) is 13.3 Å². The Hall–Kier alpha value is -0.250. The van der Waals surface area contributed by atoms with Crippen LogP contribution in [0.3, 0.4) is 0 Å². The van der Waals surface area contributed by atoms with Crippen molar-refractivity contribution in [1.29, 1.82) is 0 Å². The lowest BCUT2D eigenvalue weighted by Crippen LogP contribution is -2.58. The number of nitrogens with zero attached hydrogens (tertiary/aromatic N) is 1. The van der Waals surface area contributed by atoms with Gasteiger partial charge in [0.15, 0.2) is 0 Å². The monoisotopic (exact) mass is 221 g/mol. The van der Waals surface area contributed by atoms with Crippen LogP contribution in [0.1, 0.15) is 32.6 Å². The molecule has 15 heavy (non-hydrogen) atoms. The molecule has 2 aliphatic heterocycles. The molecule has 0 aromatic rings. The lowest BCUT2D eigenvalue weighted by molar-refractivity contribution is -0.224. The molecule has 4 atom stereocenters. The maximum absolute atomic E-state index is 12.9. The average molecular weight is 221 g/mol. The Morgan fingerprint density at radius 1 is 1.20 bits per heavy atom. The van der Waals surface area contributed by atoms with Crippen LogP contribution < -0.4 is 0 Å². The number of fused-ring (bicyclic) bond motifs is 2. The van der Waals surface area contributed by atoms with Crippen molar-refractivity contribution in [2.24, 2.45) is 11.8 Å². The third-order valence-corrected chi connectivity index (χ3v) is 4.19. The smallest absolute Gasteiger partial charge is 0.300 e. The van der Waals surface area contributed by atoms with Crippen LogP contribution in [-0.2, 0) is 0 Å². The molecule has 0 N–H and O–H groups in total. The predicted molar refractivity (Wildman–Crippen MR) is 52.5 cm³/mol. The molecule has 0 aromatic carbocycles. The lowest BCUT2D eigenvalue weighted by Gasteiger charge is -2.51. The summed E-state index contributed by atoms with van der Waals surface area (Å²) < 4.78 is 38.8. The van der Waals surface area contributed by atoms with Crippen molar-refractivity contribution >= 4 is 0 Å². The van der Waals surface area contributed by atoms with E-state index in [1.807, 2.05) is 11.9 Å². The molecule has 0 aliphatic carbocycles. The van der Waals surface area contributed by atoms with Gasteiger partial charge in [0.05, 0.1) is 5.92 Å². The minimum absolute atomic E-state index is 0.212. The van der Waals surface area contributed by atoms with E-state index in [1.165, 1.54) is 0 Å². The van der Waals surface area contributed by atoms with E-state index in [9.17, 15) is 13.2 Å². The number of rotatable bonds is 0. The van der Waals surface area contributed by atoms with Crippen LogP contribution in [0, 0.1) is 11.8 Å². The molecule has 2 saturated heterocycles. The number of hydrogen-bond acceptors (Lipinski definition) is 1. The van der Waals surface area contributed by atoms with Gasteiger partial charge < -0.3 is 0 Å². The van der Waals surface area contributed by atoms with E-state index in [4.69, 9.17) is 0 Å². The number of halogens is 3. The van der Waals surface area contributed by atoms with Gasteiger partial charge in [-0.25, -0.2) is 0 Å². The highest BCUT2D eigenvalue weighted by Gasteiger charge is 2.53. The minimum atomic E-state index is -4.03. The summed E-state index contributed by atoms with van der Waals surface area (Å²) in [6.07, 6.45) is -0.583. The van der Waals surface area contributed by atoms with Gasteiger partial charge in [0, 0.05) is 12.1 Å². The van der Waals surface area contributed by atoms with Crippen molar-refractivity contribution in [3.8, 4) is 0 Å². The quantitative estimate of drug-likeness (QED) is 0.607. The number of piperidine rings is 2. The minimum Gasteiger partial charge on any atom is -0.300 e. The first-order valence-corrected chi connectivity index (χ1v) is 5.70. The topological polar surface area (TPSA) is 3.24 Å². The third-order valence-electron chi connectivity index (χ3n) is 4.19. The maximum Gasteiger partial charge on any atom is 0.393 e. The average Bonchev–Trinajstić information content (AvgIpc) is 2.05. The molecular weight excluding hydrogens is 203 g/mol. The van der Waals surface area contributed by atoms with Gasteiger partial charge in [-0.15, -0.1) is 0 Å². The highest BCUT2D eigenvalue weighted by molar-refractivity contribution is 4.97. The summed E-state index contributed by atoms with van der Waals surface area (Å²) in [7, 11) is 1.86. The molecule has 0 radical (unpaired) electrons. The van der Waals surface area contributed by atoms with Gasteiger partial charge in [-0.2, -0.15) is 13.2 Å². The zero-order valence-electron chi connectivity index (χ0n) is 9.22. The number of alkyl halides is 3. The largest absolute Gasteiger partial charge is 0.393 e. The van der Waals surface area contributed by atoms with Crippen molar-refractivity contribution < 1.29 is 13.2 Å². The van der Waals surface area contributed by atoms with Gasteiger partial charge in [-0.3, -0.25) is 4.90 Å². The molecule has 1 nitrogen and oxygen atoms in total. The second-order valence-electron chi connectivity index (χ2n) is 5.10. The summed E-state index contributed by atoms with van der Waals surface area (Å²) in [6.45, 7) is 1.76. The van der Waals surface area contributed by atoms with Gasteiger partial charge in [-0.05, 0) is 32.2 Å². The second-order valence-corrected chi connectivity index (χ2v) is 5.10. The first kappa shape index (κ1) is 11.2. The Labute approximate surface area is 88.6 Å². The first-order chi connectivity index (χ1) is 6.91. The van der Waals surface area contributed by atoms with Crippen molar-refractivity contribution in [3.05, 3.63) is 0 Å². The SMILES string of the molecule is CC1CC2CCCC(C1C(F)(F)F)N2C. The van der Waals surface area contributed by atoms with E-state index in [0.717, 1.165) is 12.8 Å². The van der Waals surface area contributed by atoms with Crippen LogP contribution in [0.15, 0.2) is 0 Å². The van der Waals surface area contributed by atoms with Crippen molar-refractivity contribution in [3.63, 3.8) is 0 Å². The molecule has 0 aromatic heterocycles. The Bertz CT molecular complexity index is 238. The summed E-state index contributed by atoms with van der Waals surface area (Å²) in [6, 6.07) is 0.116. The van der Waals surface area contributed by atoms with Crippen LogP contribution >= 0.6 is 0 Å². The molecule has 0 amide bonds. The molecule has 4 heteroatoms. The van der Waals surface area contributed by atoms with E-state index < -0.39 is 12.1 Å². The summed E-state index contributed by atoms with van der Waals surface area (Å²) in [4.78, 5) is 1.97. The fourth-order valence-electron chi connectivity index (χ4n) is 3.45. The van der Waals surface area contributed by atoms with Crippen LogP contribution in [0.5, 0.6) is 0 Å². The normalized spacial score (nSPS) is 43.0. The molecule has 88 valence electrons. The van der Waals surface area contributed by atoms with E-state index in [0.29, 0.717) is 18.9 Å². The first-order valence-electron chi connectivity index (χ1n) is 5.70. The van der Waals surface area contributed by atoms with Crippen molar-refractivity contribution in [2.75, 3.05) is 7.05 Å². The highest BCUT2D eigenvalue weighted by atomic mass is 19.4. The summed E-state index contributed by atoms with van der Waals surface area (Å²) in [5.41, 5.74) is 0. The predicted octanol–water partition coefficient (Wildman–Crippen LogP) is 3.06. The van der Waals surface area contributed by atoms with Gasteiger partial charge >= 0.3 is 6.18 Å². The van der Waals surface area contributed by atoms with Gasteiger partial charge in [0.25, 0.3) is 0 Å². The third kappa shape index (κ3) is 1.88. The van der Waals surface area contributed by atoms with Gasteiger partial charge in [0.1, 0.15) is 0 Å². The van der Waals surface area contributed by atoms with E-state index >= 15 is 0 Å². The maximum atomic E-state index is 12.9. The molecule has 2 aliphatic rings. The zero-order valence-corrected chi connectivity index (χ0v) is 9.22. The summed E-state index contributed by atoms with van der Waals surface area (Å²) in [5, 5.41) is 0. The second kappa shape index (κ2) is 3.65. The van der Waals surface area contributed by atoms with Crippen LogP contribution in [0.2, 0.25) is 0 Å². The molecular formula is C11H18F3N. The summed E-state index contributed by atoms with van der Waals surface area (Å²) >= 11 is 0. The Morgan fingerprint density at radius 2 is 1.87 bits per heavy atom. The van der Waals surface area contributed by atoms with E-state index in [1.54, 1.807) is 6.92 Å². The Balaban J connectivity index is 2.23. The molecule has 2 bridgehead atoms. The fourth-order valence-corrected chi connectivity index (χ4v) is 3.45. The summed E-state index contributed by atoms with van der Waals surface area (Å²) in [5.74, 6) is -1.32. The standard InChI is InChI=1S/C11H18F3N/c1-7-6-8-4-3-5-9(15(8)2)10(7)11(12,13)14/h7-10H,3-6H2,1-2H3. The fraction of sp³-hybridized carbons (Fsp3) is 1.00. The Morgan fingerprint density at radius 3 is 2.47 bits per heavy atom. The van der Waals surface area contributed by atoms with Crippen LogP contribution in [-0.4, -0.2) is 30.2 Å². The van der Waals surface area contributed by atoms with E-state index in [-0.39, 0.29) is 12.0 Å². The van der Waals surface area contributed by atoms with Crippen molar-refractivity contribution in [2.45, 2.75) is 50.9 Å². The zero-order chi connectivity index (χ0) is 11.2. The van der Waals surface area contributed by atoms with Gasteiger partial charge in [0.2, 0.25) is 0 Å². The lowest BCUT2D eigenvalue weighted by atomic mass is 9.71. The molecule has 4 unspecified atom stereocenters. The molecule has 2 fully saturated rings. The Kier molecular flexibility index (Phi) is 2.73. The molecule has 0 saturated carbocycles. The van der Waals surface area contributed by atoms with Crippen molar-refractivity contribution in [1.82, 2.24) is 4.90 Å². The molecule has 2 heterocycles. The molecule has 2 rings (SSSR count). The number of hydrogen-bond donors (Lipinski definition) is 0. The van der Waals surface area contributed by atoms with Crippen LogP contribution in [0.4, 0.5) is 13.2 Å².